The number of nitrogens with two attached hydrogens (primary N) is 1. The molecule has 0 amide bonds. The van der Waals surface area contributed by atoms with Gasteiger partial charge in [0.1, 0.15) is 18.1 Å². The molecule has 1 aromatic rings. The summed E-state index contributed by atoms with van der Waals surface area (Å²) in [6.07, 6.45) is 6.39. The van der Waals surface area contributed by atoms with Crippen molar-refractivity contribution in [2.45, 2.75) is 38.1 Å². The Kier molecular flexibility index (Phi) is 4.26. The van der Waals surface area contributed by atoms with Crippen LogP contribution in [0.1, 0.15) is 32.1 Å². The van der Waals surface area contributed by atoms with Crippen molar-refractivity contribution in [2.24, 2.45) is 11.7 Å². The summed E-state index contributed by atoms with van der Waals surface area (Å²) < 4.78 is 5.62. The lowest BCUT2D eigenvalue weighted by Crippen LogP contribution is -2.37. The molecule has 1 atom stereocenters. The van der Waals surface area contributed by atoms with Crippen LogP contribution in [-0.4, -0.2) is 17.8 Å². The minimum absolute atomic E-state index is 0.109. The first-order chi connectivity index (χ1) is 8.25. The molecule has 0 saturated heterocycles. The molecule has 1 unspecified atom stereocenters. The molecule has 3 N–H and O–H groups in total. The van der Waals surface area contributed by atoms with Crippen molar-refractivity contribution in [1.29, 1.82) is 0 Å². The summed E-state index contributed by atoms with van der Waals surface area (Å²) in [5.41, 5.74) is 6.15. The number of hydrogen-bond donors (Lipinski definition) is 2. The Morgan fingerprint density at radius 1 is 1.29 bits per heavy atom. The van der Waals surface area contributed by atoms with Crippen LogP contribution in [0.3, 0.4) is 0 Å². The highest BCUT2D eigenvalue weighted by molar-refractivity contribution is 5.31. The molecule has 1 saturated carbocycles. The highest BCUT2D eigenvalue weighted by Gasteiger charge is 2.20. The lowest BCUT2D eigenvalue weighted by molar-refractivity contribution is 0.213. The lowest BCUT2D eigenvalue weighted by Gasteiger charge is -2.27. The first kappa shape index (κ1) is 12.2. The number of ether oxygens (including phenoxy) is 1. The van der Waals surface area contributed by atoms with Gasteiger partial charge in [0.15, 0.2) is 0 Å². The summed E-state index contributed by atoms with van der Waals surface area (Å²) in [5, 5.41) is 9.32. The van der Waals surface area contributed by atoms with Crippen LogP contribution in [0.4, 0.5) is 0 Å². The van der Waals surface area contributed by atoms with E-state index >= 15 is 0 Å². The second-order valence-corrected chi connectivity index (χ2v) is 4.87. The second-order valence-electron chi connectivity index (χ2n) is 4.87. The Hall–Kier alpha value is -1.22. The highest BCUT2D eigenvalue weighted by Crippen LogP contribution is 2.26. The number of phenols is 1. The van der Waals surface area contributed by atoms with Gasteiger partial charge in [-0.3, -0.25) is 0 Å². The maximum Gasteiger partial charge on any atom is 0.123 e. The van der Waals surface area contributed by atoms with Gasteiger partial charge in [0, 0.05) is 12.1 Å². The molecule has 1 aliphatic carbocycles. The summed E-state index contributed by atoms with van der Waals surface area (Å²) in [4.78, 5) is 0. The fourth-order valence-corrected chi connectivity index (χ4v) is 2.46. The molecule has 1 fully saturated rings. The Bertz CT molecular complexity index is 348. The van der Waals surface area contributed by atoms with E-state index in [4.69, 9.17) is 10.5 Å². The molecule has 0 heterocycles. The summed E-state index contributed by atoms with van der Waals surface area (Å²) >= 11 is 0. The molecule has 0 radical (unpaired) electrons. The zero-order valence-corrected chi connectivity index (χ0v) is 10.1. The molecule has 0 aliphatic heterocycles. The molecule has 0 aromatic heterocycles. The number of benzene rings is 1. The van der Waals surface area contributed by atoms with Crippen LogP contribution in [0.2, 0.25) is 0 Å². The monoisotopic (exact) mass is 235 g/mol. The van der Waals surface area contributed by atoms with Crippen LogP contribution in [0, 0.1) is 5.92 Å². The number of phenolic OH excluding ortho intramolecular Hbond substituents is 1. The van der Waals surface area contributed by atoms with Crippen molar-refractivity contribution in [1.82, 2.24) is 0 Å². The molecular formula is C14H21NO2. The van der Waals surface area contributed by atoms with Gasteiger partial charge in [0.2, 0.25) is 0 Å². The number of hydrogen-bond acceptors (Lipinski definition) is 3. The van der Waals surface area contributed by atoms with Crippen LogP contribution >= 0.6 is 0 Å². The van der Waals surface area contributed by atoms with Gasteiger partial charge in [0.05, 0.1) is 0 Å². The summed E-state index contributed by atoms with van der Waals surface area (Å²) in [6.45, 7) is 0.536. The maximum absolute atomic E-state index is 9.32. The molecule has 2 rings (SSSR count). The Morgan fingerprint density at radius 2 is 2.06 bits per heavy atom. The molecule has 1 aliphatic rings. The van der Waals surface area contributed by atoms with E-state index in [0.29, 0.717) is 18.3 Å². The normalized spacial score (nSPS) is 18.9. The quantitative estimate of drug-likeness (QED) is 0.843. The van der Waals surface area contributed by atoms with E-state index in [1.165, 1.54) is 32.1 Å². The first-order valence-electron chi connectivity index (χ1n) is 6.43. The topological polar surface area (TPSA) is 55.5 Å². The molecular weight excluding hydrogens is 214 g/mol. The maximum atomic E-state index is 9.32. The minimum atomic E-state index is 0.109. The number of aromatic hydroxyl groups is 1. The third-order valence-corrected chi connectivity index (χ3v) is 3.52. The van der Waals surface area contributed by atoms with Gasteiger partial charge in [-0.05, 0) is 30.9 Å². The van der Waals surface area contributed by atoms with E-state index in [2.05, 4.69) is 0 Å². The predicted molar refractivity (Wildman–Crippen MR) is 68.2 cm³/mol. The summed E-state index contributed by atoms with van der Waals surface area (Å²) in [7, 11) is 0. The van der Waals surface area contributed by atoms with Gasteiger partial charge >= 0.3 is 0 Å². The van der Waals surface area contributed by atoms with Gasteiger partial charge in [-0.2, -0.15) is 0 Å². The van der Waals surface area contributed by atoms with Crippen LogP contribution in [0.25, 0.3) is 0 Å². The predicted octanol–water partition coefficient (Wildman–Crippen LogP) is 2.68. The van der Waals surface area contributed by atoms with Crippen LogP contribution < -0.4 is 10.5 Å². The third-order valence-electron chi connectivity index (χ3n) is 3.52. The van der Waals surface area contributed by atoms with Gasteiger partial charge in [-0.1, -0.05) is 25.3 Å². The fourth-order valence-electron chi connectivity index (χ4n) is 2.46. The van der Waals surface area contributed by atoms with Gasteiger partial charge < -0.3 is 15.6 Å². The fraction of sp³-hybridized carbons (Fsp3) is 0.571. The van der Waals surface area contributed by atoms with E-state index < -0.39 is 0 Å². The molecule has 17 heavy (non-hydrogen) atoms. The summed E-state index contributed by atoms with van der Waals surface area (Å²) in [6, 6.07) is 6.98. The van der Waals surface area contributed by atoms with Gasteiger partial charge in [-0.15, -0.1) is 0 Å². The van der Waals surface area contributed by atoms with Crippen LogP contribution in [0.5, 0.6) is 11.5 Å². The van der Waals surface area contributed by atoms with Crippen LogP contribution in [-0.2, 0) is 0 Å². The second kappa shape index (κ2) is 5.92. The van der Waals surface area contributed by atoms with E-state index in [1.54, 1.807) is 18.2 Å². The average Bonchev–Trinajstić information content (AvgIpc) is 2.37. The van der Waals surface area contributed by atoms with Gasteiger partial charge in [0.25, 0.3) is 0 Å². The Balaban J connectivity index is 1.80. The Morgan fingerprint density at radius 3 is 2.76 bits per heavy atom. The lowest BCUT2D eigenvalue weighted by atomic mass is 9.84. The number of rotatable bonds is 4. The van der Waals surface area contributed by atoms with Crippen molar-refractivity contribution in [2.75, 3.05) is 6.61 Å². The zero-order valence-electron chi connectivity index (χ0n) is 10.1. The highest BCUT2D eigenvalue weighted by atomic mass is 16.5. The van der Waals surface area contributed by atoms with E-state index in [0.717, 1.165) is 0 Å². The van der Waals surface area contributed by atoms with E-state index in [1.807, 2.05) is 6.07 Å². The molecule has 1 aromatic carbocycles. The van der Waals surface area contributed by atoms with Crippen molar-refractivity contribution in [3.63, 3.8) is 0 Å². The van der Waals surface area contributed by atoms with Crippen molar-refractivity contribution in [3.8, 4) is 11.5 Å². The smallest absolute Gasteiger partial charge is 0.123 e. The van der Waals surface area contributed by atoms with Crippen LogP contribution in [0.15, 0.2) is 24.3 Å². The molecule has 0 bridgehead atoms. The minimum Gasteiger partial charge on any atom is -0.508 e. The zero-order chi connectivity index (χ0) is 12.1. The molecule has 3 nitrogen and oxygen atoms in total. The molecule has 0 spiro atoms. The first-order valence-corrected chi connectivity index (χ1v) is 6.43. The van der Waals surface area contributed by atoms with E-state index in [9.17, 15) is 5.11 Å². The SMILES string of the molecule is NC(COc1cccc(O)c1)C1CCCCC1. The van der Waals surface area contributed by atoms with E-state index in [-0.39, 0.29) is 11.8 Å². The molecule has 94 valence electrons. The van der Waals surface area contributed by atoms with Crippen molar-refractivity contribution >= 4 is 0 Å². The largest absolute Gasteiger partial charge is 0.508 e. The van der Waals surface area contributed by atoms with Gasteiger partial charge in [-0.25, -0.2) is 0 Å². The van der Waals surface area contributed by atoms with Crippen molar-refractivity contribution < 1.29 is 9.84 Å². The average molecular weight is 235 g/mol. The standard InChI is InChI=1S/C14H21NO2/c15-14(11-5-2-1-3-6-11)10-17-13-8-4-7-12(16)9-13/h4,7-9,11,14,16H,1-3,5-6,10,15H2. The molecule has 3 heteroatoms. The third kappa shape index (κ3) is 3.63. The van der Waals surface area contributed by atoms with Crippen molar-refractivity contribution in [3.05, 3.63) is 24.3 Å². The summed E-state index contributed by atoms with van der Waals surface area (Å²) in [5.74, 6) is 1.52. The Labute approximate surface area is 103 Å².